The minimum atomic E-state index is -0.530. The number of hydrogen-bond donors (Lipinski definition) is 1. The number of benzene rings is 1. The molecule has 1 aromatic heterocycles. The van der Waals surface area contributed by atoms with Crippen LogP contribution in [0.1, 0.15) is 23.2 Å². The number of halogens is 1. The molecule has 1 aromatic carbocycles. The van der Waals surface area contributed by atoms with Gasteiger partial charge in [-0.1, -0.05) is 11.6 Å². The van der Waals surface area contributed by atoms with E-state index >= 15 is 0 Å². The van der Waals surface area contributed by atoms with Gasteiger partial charge >= 0.3 is 5.97 Å². The van der Waals surface area contributed by atoms with Crippen molar-refractivity contribution in [2.24, 2.45) is 0 Å². The average molecular weight is 305 g/mol. The van der Waals surface area contributed by atoms with E-state index in [1.54, 1.807) is 30.3 Å². The van der Waals surface area contributed by atoms with Crippen molar-refractivity contribution in [3.8, 4) is 0 Å². The Balaban J connectivity index is 1.66. The topological polar surface area (TPSA) is 68.3 Å². The zero-order chi connectivity index (χ0) is 14.8. The maximum absolute atomic E-state index is 11.9. The van der Waals surface area contributed by atoms with Crippen LogP contribution < -0.4 is 5.32 Å². The molecule has 1 fully saturated rings. The van der Waals surface area contributed by atoms with Crippen molar-refractivity contribution in [3.05, 3.63) is 41.0 Å². The van der Waals surface area contributed by atoms with E-state index in [2.05, 4.69) is 10.3 Å². The van der Waals surface area contributed by atoms with Crippen molar-refractivity contribution in [3.63, 3.8) is 0 Å². The van der Waals surface area contributed by atoms with Gasteiger partial charge in [-0.15, -0.1) is 0 Å². The van der Waals surface area contributed by atoms with Crippen molar-refractivity contribution >= 4 is 34.4 Å². The number of pyridine rings is 1. The minimum absolute atomic E-state index is 0.257. The Morgan fingerprint density at radius 2 is 2.10 bits per heavy atom. The van der Waals surface area contributed by atoms with Gasteiger partial charge < -0.3 is 10.1 Å². The molecule has 21 heavy (non-hydrogen) atoms. The van der Waals surface area contributed by atoms with Crippen LogP contribution in [0.2, 0.25) is 5.15 Å². The molecule has 0 aliphatic heterocycles. The van der Waals surface area contributed by atoms with Crippen molar-refractivity contribution in [1.29, 1.82) is 0 Å². The van der Waals surface area contributed by atoms with Crippen LogP contribution in [-0.2, 0) is 9.53 Å². The van der Waals surface area contributed by atoms with Crippen LogP contribution in [0.15, 0.2) is 30.3 Å². The summed E-state index contributed by atoms with van der Waals surface area (Å²) in [6, 6.07) is 8.66. The third kappa shape index (κ3) is 3.49. The molecular weight excluding hydrogens is 292 g/mol. The lowest BCUT2D eigenvalue weighted by atomic mass is 10.1. The second kappa shape index (κ2) is 5.69. The van der Waals surface area contributed by atoms with Gasteiger partial charge in [-0.25, -0.2) is 9.78 Å². The zero-order valence-corrected chi connectivity index (χ0v) is 11.9. The number of amides is 1. The van der Waals surface area contributed by atoms with E-state index in [1.807, 2.05) is 0 Å². The molecule has 0 unspecified atom stereocenters. The Morgan fingerprint density at radius 1 is 1.29 bits per heavy atom. The van der Waals surface area contributed by atoms with E-state index in [-0.39, 0.29) is 18.6 Å². The van der Waals surface area contributed by atoms with Gasteiger partial charge in [-0.05, 0) is 43.2 Å². The van der Waals surface area contributed by atoms with Gasteiger partial charge in [0, 0.05) is 11.4 Å². The van der Waals surface area contributed by atoms with Crippen LogP contribution in [0.3, 0.4) is 0 Å². The van der Waals surface area contributed by atoms with Gasteiger partial charge in [0.1, 0.15) is 5.15 Å². The number of hydrogen-bond acceptors (Lipinski definition) is 4. The fourth-order valence-electron chi connectivity index (χ4n) is 1.94. The number of aromatic nitrogens is 1. The first-order chi connectivity index (χ1) is 10.1. The Labute approximate surface area is 126 Å². The van der Waals surface area contributed by atoms with Gasteiger partial charge in [-0.2, -0.15) is 0 Å². The highest BCUT2D eigenvalue weighted by atomic mass is 35.5. The predicted octanol–water partition coefficient (Wildman–Crippen LogP) is 2.32. The summed E-state index contributed by atoms with van der Waals surface area (Å²) in [5, 5.41) is 3.94. The van der Waals surface area contributed by atoms with Crippen LogP contribution in [0, 0.1) is 0 Å². The predicted molar refractivity (Wildman–Crippen MR) is 78.2 cm³/mol. The summed E-state index contributed by atoms with van der Waals surface area (Å²) in [6.45, 7) is -0.258. The quantitative estimate of drug-likeness (QED) is 0.695. The highest BCUT2D eigenvalue weighted by Crippen LogP contribution is 2.19. The second-order valence-corrected chi connectivity index (χ2v) is 5.35. The Bertz CT molecular complexity index is 713. The molecule has 108 valence electrons. The highest BCUT2D eigenvalue weighted by Gasteiger charge is 2.23. The van der Waals surface area contributed by atoms with Crippen molar-refractivity contribution in [1.82, 2.24) is 10.3 Å². The number of carbonyl (C=O) groups is 2. The fraction of sp³-hybridized carbons (Fsp3) is 0.267. The zero-order valence-electron chi connectivity index (χ0n) is 11.1. The summed E-state index contributed by atoms with van der Waals surface area (Å²) in [7, 11) is 0. The summed E-state index contributed by atoms with van der Waals surface area (Å²) in [4.78, 5) is 27.5. The lowest BCUT2D eigenvalue weighted by Gasteiger charge is -2.06. The summed E-state index contributed by atoms with van der Waals surface area (Å²) in [6.07, 6.45) is 2.00. The van der Waals surface area contributed by atoms with Crippen LogP contribution in [-0.4, -0.2) is 29.5 Å². The molecule has 0 saturated heterocycles. The Morgan fingerprint density at radius 3 is 2.86 bits per heavy atom. The van der Waals surface area contributed by atoms with E-state index in [1.165, 1.54) is 0 Å². The summed E-state index contributed by atoms with van der Waals surface area (Å²) in [5.41, 5.74) is 1.08. The van der Waals surface area contributed by atoms with E-state index in [4.69, 9.17) is 16.3 Å². The first-order valence-corrected chi connectivity index (χ1v) is 7.02. The standard InChI is InChI=1S/C15H13ClN2O3/c16-13-6-2-9-7-10(1-5-12(9)18-13)15(20)21-8-14(19)17-11-3-4-11/h1-2,5-7,11H,3-4,8H2,(H,17,19). The molecule has 1 heterocycles. The smallest absolute Gasteiger partial charge is 0.338 e. The number of nitrogens with zero attached hydrogens (tertiary/aromatic N) is 1. The first-order valence-electron chi connectivity index (χ1n) is 6.64. The molecule has 0 radical (unpaired) electrons. The fourth-order valence-corrected chi connectivity index (χ4v) is 2.09. The molecule has 3 rings (SSSR count). The van der Waals surface area contributed by atoms with Crippen LogP contribution in [0.25, 0.3) is 10.9 Å². The van der Waals surface area contributed by atoms with Gasteiger partial charge in [0.15, 0.2) is 6.61 Å². The van der Waals surface area contributed by atoms with Crippen molar-refractivity contribution < 1.29 is 14.3 Å². The highest BCUT2D eigenvalue weighted by molar-refractivity contribution is 6.29. The van der Waals surface area contributed by atoms with Crippen LogP contribution in [0.4, 0.5) is 0 Å². The maximum atomic E-state index is 11.9. The van der Waals surface area contributed by atoms with E-state index in [0.717, 1.165) is 18.2 Å². The summed E-state index contributed by atoms with van der Waals surface area (Å²) < 4.78 is 4.99. The number of ether oxygens (including phenoxy) is 1. The molecular formula is C15H13ClN2O3. The molecule has 1 amide bonds. The summed E-state index contributed by atoms with van der Waals surface area (Å²) >= 11 is 5.80. The number of rotatable bonds is 4. The monoisotopic (exact) mass is 304 g/mol. The molecule has 1 aliphatic rings. The number of carbonyl (C=O) groups excluding carboxylic acids is 2. The van der Waals surface area contributed by atoms with Gasteiger partial charge in [-0.3, -0.25) is 4.79 Å². The lowest BCUT2D eigenvalue weighted by Crippen LogP contribution is -2.30. The molecule has 1 N–H and O–H groups in total. The first kappa shape index (κ1) is 13.8. The largest absolute Gasteiger partial charge is 0.452 e. The summed E-state index contributed by atoms with van der Waals surface area (Å²) in [5.74, 6) is -0.794. The molecule has 5 nitrogen and oxygen atoms in total. The molecule has 2 aromatic rings. The molecule has 0 atom stereocenters. The van der Waals surface area contributed by atoms with E-state index in [0.29, 0.717) is 16.2 Å². The minimum Gasteiger partial charge on any atom is -0.452 e. The molecule has 6 heteroatoms. The molecule has 0 spiro atoms. The van der Waals surface area contributed by atoms with E-state index in [9.17, 15) is 9.59 Å². The molecule has 1 saturated carbocycles. The van der Waals surface area contributed by atoms with Gasteiger partial charge in [0.05, 0.1) is 11.1 Å². The average Bonchev–Trinajstić information content (AvgIpc) is 3.28. The van der Waals surface area contributed by atoms with Crippen molar-refractivity contribution in [2.75, 3.05) is 6.61 Å². The molecule has 0 bridgehead atoms. The van der Waals surface area contributed by atoms with E-state index < -0.39 is 5.97 Å². The SMILES string of the molecule is O=C(COC(=O)c1ccc2nc(Cl)ccc2c1)NC1CC1. The number of fused-ring (bicyclic) bond motifs is 1. The second-order valence-electron chi connectivity index (χ2n) is 4.96. The third-order valence-electron chi connectivity index (χ3n) is 3.17. The normalized spacial score (nSPS) is 14.0. The van der Waals surface area contributed by atoms with Crippen LogP contribution >= 0.6 is 11.6 Å². The number of nitrogens with one attached hydrogen (secondary N) is 1. The number of esters is 1. The Kier molecular flexibility index (Phi) is 3.75. The van der Waals surface area contributed by atoms with Gasteiger partial charge in [0.2, 0.25) is 0 Å². The van der Waals surface area contributed by atoms with Crippen molar-refractivity contribution in [2.45, 2.75) is 18.9 Å². The Hall–Kier alpha value is -2.14. The van der Waals surface area contributed by atoms with Gasteiger partial charge in [0.25, 0.3) is 5.91 Å². The maximum Gasteiger partial charge on any atom is 0.338 e. The third-order valence-corrected chi connectivity index (χ3v) is 3.38. The van der Waals surface area contributed by atoms with Crippen LogP contribution in [0.5, 0.6) is 0 Å². The lowest BCUT2D eigenvalue weighted by molar-refractivity contribution is -0.124. The molecule has 1 aliphatic carbocycles.